The second-order valence-corrected chi connectivity index (χ2v) is 7.61. The zero-order valence-corrected chi connectivity index (χ0v) is 13.3. The second-order valence-electron chi connectivity index (χ2n) is 7.61. The van der Waals surface area contributed by atoms with E-state index in [0.717, 1.165) is 12.8 Å². The highest BCUT2D eigenvalue weighted by atomic mass is 16.2. The van der Waals surface area contributed by atoms with Crippen molar-refractivity contribution in [1.29, 1.82) is 0 Å². The van der Waals surface area contributed by atoms with Crippen molar-refractivity contribution in [2.75, 3.05) is 0 Å². The standard InChI is InChI=1S/C16H32N2O/c1-11(2)10-13(17)15(19)18-14-9-7-6-8-12(14)16(3,4)5/h11-14H,6-10,17H2,1-5H3,(H,18,19). The number of nitrogens with two attached hydrogens (primary N) is 1. The number of carbonyl (C=O) groups is 1. The van der Waals surface area contributed by atoms with Crippen LogP contribution in [0.2, 0.25) is 0 Å². The summed E-state index contributed by atoms with van der Waals surface area (Å²) < 4.78 is 0. The maximum atomic E-state index is 12.2. The lowest BCUT2D eigenvalue weighted by Crippen LogP contribution is -2.51. The van der Waals surface area contributed by atoms with Gasteiger partial charge in [-0.05, 0) is 36.5 Å². The van der Waals surface area contributed by atoms with Gasteiger partial charge in [0, 0.05) is 6.04 Å². The Hall–Kier alpha value is -0.570. The number of nitrogens with one attached hydrogen (secondary N) is 1. The van der Waals surface area contributed by atoms with Crippen LogP contribution >= 0.6 is 0 Å². The summed E-state index contributed by atoms with van der Waals surface area (Å²) in [4.78, 5) is 12.2. The normalized spacial score (nSPS) is 26.3. The molecule has 1 saturated carbocycles. The van der Waals surface area contributed by atoms with Gasteiger partial charge in [-0.15, -0.1) is 0 Å². The first-order chi connectivity index (χ1) is 8.71. The molecular weight excluding hydrogens is 236 g/mol. The molecule has 3 atom stereocenters. The summed E-state index contributed by atoms with van der Waals surface area (Å²) in [5.41, 5.74) is 6.23. The summed E-state index contributed by atoms with van der Waals surface area (Å²) in [6, 6.07) is -0.0537. The van der Waals surface area contributed by atoms with Gasteiger partial charge < -0.3 is 11.1 Å². The van der Waals surface area contributed by atoms with Gasteiger partial charge in [-0.1, -0.05) is 47.5 Å². The Morgan fingerprint density at radius 3 is 2.37 bits per heavy atom. The maximum absolute atomic E-state index is 12.2. The summed E-state index contributed by atoms with van der Waals surface area (Å²) in [6.07, 6.45) is 5.58. The van der Waals surface area contributed by atoms with Gasteiger partial charge in [0.05, 0.1) is 6.04 Å². The molecule has 0 aromatic rings. The van der Waals surface area contributed by atoms with Gasteiger partial charge in [-0.3, -0.25) is 4.79 Å². The molecule has 19 heavy (non-hydrogen) atoms. The van der Waals surface area contributed by atoms with Crippen LogP contribution in [-0.2, 0) is 4.79 Å². The molecule has 1 aliphatic rings. The van der Waals surface area contributed by atoms with Gasteiger partial charge in [0.2, 0.25) is 5.91 Å². The Labute approximate surface area is 118 Å². The van der Waals surface area contributed by atoms with Crippen LogP contribution in [0.25, 0.3) is 0 Å². The molecule has 3 unspecified atom stereocenters. The summed E-state index contributed by atoms with van der Waals surface area (Å²) in [5.74, 6) is 1.07. The van der Waals surface area contributed by atoms with Crippen molar-refractivity contribution in [2.45, 2.75) is 78.8 Å². The van der Waals surface area contributed by atoms with Gasteiger partial charge in [0.25, 0.3) is 0 Å². The van der Waals surface area contributed by atoms with Crippen LogP contribution in [0, 0.1) is 17.3 Å². The van der Waals surface area contributed by atoms with Crippen molar-refractivity contribution in [1.82, 2.24) is 5.32 Å². The molecule has 3 N–H and O–H groups in total. The first kappa shape index (κ1) is 16.5. The molecular formula is C16H32N2O. The summed E-state index contributed by atoms with van der Waals surface area (Å²) in [5, 5.41) is 3.22. The molecule has 3 nitrogen and oxygen atoms in total. The lowest BCUT2D eigenvalue weighted by molar-refractivity contribution is -0.124. The van der Waals surface area contributed by atoms with Crippen LogP contribution in [0.3, 0.4) is 0 Å². The predicted octanol–water partition coefficient (Wildman–Crippen LogP) is 3.08. The second kappa shape index (κ2) is 6.74. The average molecular weight is 268 g/mol. The zero-order chi connectivity index (χ0) is 14.6. The third-order valence-corrected chi connectivity index (χ3v) is 4.27. The Kier molecular flexibility index (Phi) is 5.84. The molecule has 1 amide bonds. The molecule has 0 spiro atoms. The summed E-state index contributed by atoms with van der Waals surface area (Å²) in [6.45, 7) is 11.0. The molecule has 3 heteroatoms. The van der Waals surface area contributed by atoms with E-state index in [9.17, 15) is 4.79 Å². The van der Waals surface area contributed by atoms with Gasteiger partial charge in [0.1, 0.15) is 0 Å². The van der Waals surface area contributed by atoms with Crippen molar-refractivity contribution >= 4 is 5.91 Å². The van der Waals surface area contributed by atoms with E-state index in [1.165, 1.54) is 19.3 Å². The minimum Gasteiger partial charge on any atom is -0.352 e. The van der Waals surface area contributed by atoms with Gasteiger partial charge in [-0.25, -0.2) is 0 Å². The molecule has 0 radical (unpaired) electrons. The quantitative estimate of drug-likeness (QED) is 0.823. The first-order valence-electron chi connectivity index (χ1n) is 7.77. The van der Waals surface area contributed by atoms with Crippen molar-refractivity contribution in [2.24, 2.45) is 23.0 Å². The lowest BCUT2D eigenvalue weighted by Gasteiger charge is -2.41. The van der Waals surface area contributed by atoms with Crippen LogP contribution < -0.4 is 11.1 Å². The number of hydrogen-bond donors (Lipinski definition) is 2. The van der Waals surface area contributed by atoms with Gasteiger partial charge in [-0.2, -0.15) is 0 Å². The Balaban J connectivity index is 2.60. The molecule has 1 fully saturated rings. The topological polar surface area (TPSA) is 55.1 Å². The SMILES string of the molecule is CC(C)CC(N)C(=O)NC1CCCCC1C(C)(C)C. The largest absolute Gasteiger partial charge is 0.352 e. The fraction of sp³-hybridized carbons (Fsp3) is 0.938. The molecule has 1 aliphatic carbocycles. The molecule has 0 saturated heterocycles. The Morgan fingerprint density at radius 1 is 1.26 bits per heavy atom. The molecule has 0 aliphatic heterocycles. The number of amides is 1. The third-order valence-electron chi connectivity index (χ3n) is 4.27. The smallest absolute Gasteiger partial charge is 0.237 e. The van der Waals surface area contributed by atoms with E-state index < -0.39 is 0 Å². The Bertz CT molecular complexity index is 294. The lowest BCUT2D eigenvalue weighted by atomic mass is 9.69. The van der Waals surface area contributed by atoms with Crippen molar-refractivity contribution in [3.05, 3.63) is 0 Å². The average Bonchev–Trinajstić information content (AvgIpc) is 2.27. The van der Waals surface area contributed by atoms with E-state index >= 15 is 0 Å². The highest BCUT2D eigenvalue weighted by molar-refractivity contribution is 5.81. The van der Waals surface area contributed by atoms with E-state index in [1.54, 1.807) is 0 Å². The van der Waals surface area contributed by atoms with Crippen LogP contribution in [0.15, 0.2) is 0 Å². The fourth-order valence-corrected chi connectivity index (χ4v) is 3.24. The van der Waals surface area contributed by atoms with Crippen molar-refractivity contribution < 1.29 is 4.79 Å². The van der Waals surface area contributed by atoms with Gasteiger partial charge >= 0.3 is 0 Å². The zero-order valence-electron chi connectivity index (χ0n) is 13.3. The summed E-state index contributed by atoms with van der Waals surface area (Å²) in [7, 11) is 0. The van der Waals surface area contributed by atoms with E-state index in [4.69, 9.17) is 5.73 Å². The Morgan fingerprint density at radius 2 is 1.84 bits per heavy atom. The predicted molar refractivity (Wildman–Crippen MR) is 80.8 cm³/mol. The minimum absolute atomic E-state index is 0.0369. The summed E-state index contributed by atoms with van der Waals surface area (Å²) >= 11 is 0. The molecule has 0 aromatic heterocycles. The molecule has 112 valence electrons. The van der Waals surface area contributed by atoms with E-state index in [-0.39, 0.29) is 17.4 Å². The number of carbonyl (C=O) groups excluding carboxylic acids is 1. The maximum Gasteiger partial charge on any atom is 0.237 e. The monoisotopic (exact) mass is 268 g/mol. The van der Waals surface area contributed by atoms with Crippen LogP contribution in [0.4, 0.5) is 0 Å². The van der Waals surface area contributed by atoms with Gasteiger partial charge in [0.15, 0.2) is 0 Å². The molecule has 0 heterocycles. The molecule has 0 aromatic carbocycles. The van der Waals surface area contributed by atoms with Crippen LogP contribution in [0.1, 0.15) is 66.7 Å². The highest BCUT2D eigenvalue weighted by Crippen LogP contribution is 2.38. The van der Waals surface area contributed by atoms with E-state index in [1.807, 2.05) is 0 Å². The van der Waals surface area contributed by atoms with Crippen molar-refractivity contribution in [3.8, 4) is 0 Å². The molecule has 1 rings (SSSR count). The van der Waals surface area contributed by atoms with E-state index in [2.05, 4.69) is 39.9 Å². The van der Waals surface area contributed by atoms with Crippen LogP contribution in [-0.4, -0.2) is 18.0 Å². The van der Waals surface area contributed by atoms with E-state index in [0.29, 0.717) is 17.9 Å². The first-order valence-corrected chi connectivity index (χ1v) is 7.77. The number of rotatable bonds is 4. The number of hydrogen-bond acceptors (Lipinski definition) is 2. The minimum atomic E-state index is -0.359. The third kappa shape index (κ3) is 5.13. The van der Waals surface area contributed by atoms with Crippen LogP contribution in [0.5, 0.6) is 0 Å². The fourth-order valence-electron chi connectivity index (χ4n) is 3.24. The highest BCUT2D eigenvalue weighted by Gasteiger charge is 2.35. The molecule has 0 bridgehead atoms. The van der Waals surface area contributed by atoms with Crippen molar-refractivity contribution in [3.63, 3.8) is 0 Å².